The van der Waals surface area contributed by atoms with Crippen LogP contribution in [0.1, 0.15) is 32.7 Å². The summed E-state index contributed by atoms with van der Waals surface area (Å²) < 4.78 is 93.2. The molecule has 0 fully saturated rings. The van der Waals surface area contributed by atoms with E-state index in [4.69, 9.17) is 0 Å². The maximum Gasteiger partial charge on any atom is 0.435 e. The number of rotatable bonds is 5. The second kappa shape index (κ2) is 9.52. The molecule has 2 aromatic carbocycles. The van der Waals surface area contributed by atoms with E-state index < -0.39 is 29.5 Å². The molecular weight excluding hydrogens is 497 g/mol. The van der Waals surface area contributed by atoms with E-state index >= 15 is 0 Å². The quantitative estimate of drug-likeness (QED) is 0.354. The molecule has 0 aliphatic heterocycles. The minimum Gasteiger partial charge on any atom is -0.320 e. The molecule has 3 aromatic rings. The number of hydrogen-bond acceptors (Lipinski definition) is 3. The van der Waals surface area contributed by atoms with Gasteiger partial charge in [-0.1, -0.05) is 47.7 Å². The molecule has 1 heterocycles. The molecule has 3 rings (SSSR count). The maximum atomic E-state index is 14.5. The average molecular weight is 516 g/mol. The number of halogens is 7. The van der Waals surface area contributed by atoms with Crippen molar-refractivity contribution in [3.63, 3.8) is 0 Å². The number of pyridine rings is 1. The molecule has 0 spiro atoms. The monoisotopic (exact) mass is 516 g/mol. The Bertz CT molecular complexity index is 1200. The molecule has 0 unspecified atom stereocenters. The number of nitrogens with zero attached hydrogens (tertiary/aromatic N) is 1. The van der Waals surface area contributed by atoms with Gasteiger partial charge >= 0.3 is 18.0 Å². The van der Waals surface area contributed by atoms with Crippen molar-refractivity contribution in [2.75, 3.05) is 5.32 Å². The zero-order chi connectivity index (χ0) is 26.2. The Labute approximate surface area is 200 Å². The van der Waals surface area contributed by atoms with Crippen LogP contribution >= 0.6 is 11.8 Å². The summed E-state index contributed by atoms with van der Waals surface area (Å²) in [5.74, 6) is -0.728. The van der Waals surface area contributed by atoms with E-state index in [9.17, 15) is 35.5 Å². The molecule has 3 nitrogen and oxygen atoms in total. The molecule has 0 saturated carbocycles. The Hall–Kier alpha value is -3.08. The molecule has 186 valence electrons. The number of anilines is 1. The molecule has 0 bridgehead atoms. The van der Waals surface area contributed by atoms with Gasteiger partial charge in [0.25, 0.3) is 5.91 Å². The third kappa shape index (κ3) is 5.44. The molecule has 0 radical (unpaired) electrons. The van der Waals surface area contributed by atoms with Crippen molar-refractivity contribution in [3.8, 4) is 0 Å². The number of hydrogen-bond donors (Lipinski definition) is 1. The van der Waals surface area contributed by atoms with Crippen LogP contribution in [0.3, 0.4) is 0 Å². The van der Waals surface area contributed by atoms with Gasteiger partial charge in [0.05, 0.1) is 0 Å². The lowest BCUT2D eigenvalue weighted by molar-refractivity contribution is -0.348. The molecule has 1 N–H and O–H groups in total. The molecule has 35 heavy (non-hydrogen) atoms. The van der Waals surface area contributed by atoms with Crippen LogP contribution in [0.15, 0.2) is 64.5 Å². The number of benzene rings is 2. The zero-order valence-corrected chi connectivity index (χ0v) is 19.4. The molecule has 11 heteroatoms. The third-order valence-electron chi connectivity index (χ3n) is 5.15. The zero-order valence-electron chi connectivity index (χ0n) is 18.6. The molecule has 0 atom stereocenters. The number of carbonyl (C=O) groups excluding carboxylic acids is 1. The predicted molar refractivity (Wildman–Crippen MR) is 118 cm³/mol. The number of alkyl halides is 7. The largest absolute Gasteiger partial charge is 0.435 e. The second-order valence-corrected chi connectivity index (χ2v) is 8.96. The van der Waals surface area contributed by atoms with E-state index in [1.54, 1.807) is 12.1 Å². The summed E-state index contributed by atoms with van der Waals surface area (Å²) in [7, 11) is 0. The topological polar surface area (TPSA) is 42.0 Å². The van der Waals surface area contributed by atoms with Crippen molar-refractivity contribution in [1.82, 2.24) is 4.98 Å². The summed E-state index contributed by atoms with van der Waals surface area (Å²) in [6.45, 7) is 4.29. The first kappa shape index (κ1) is 26.5. The SMILES string of the molecule is Cc1ccc(Sc2cccc(C(=O)Nc3c(C)cc(C(F)(C(F)(F)F)C(F)(F)F)cc3C)n2)cc1. The number of aromatic nitrogens is 1. The highest BCUT2D eigenvalue weighted by Gasteiger charge is 2.73. The first-order chi connectivity index (χ1) is 16.1. The van der Waals surface area contributed by atoms with Crippen LogP contribution in [0.25, 0.3) is 0 Å². The molecule has 0 aliphatic rings. The molecule has 0 saturated heterocycles. The van der Waals surface area contributed by atoms with Gasteiger partial charge in [-0.15, -0.1) is 0 Å². The van der Waals surface area contributed by atoms with Gasteiger partial charge < -0.3 is 5.32 Å². The highest BCUT2D eigenvalue weighted by Crippen LogP contribution is 2.53. The lowest BCUT2D eigenvalue weighted by Gasteiger charge is -2.31. The minimum atomic E-state index is -6.23. The summed E-state index contributed by atoms with van der Waals surface area (Å²) in [5, 5.41) is 2.96. The molecule has 0 aliphatic carbocycles. The Morgan fingerprint density at radius 3 is 1.89 bits per heavy atom. The van der Waals surface area contributed by atoms with Crippen molar-refractivity contribution in [1.29, 1.82) is 0 Å². The second-order valence-electron chi connectivity index (χ2n) is 7.87. The number of aryl methyl sites for hydroxylation is 3. The number of carbonyl (C=O) groups is 1. The van der Waals surface area contributed by atoms with Gasteiger partial charge in [-0.25, -0.2) is 9.37 Å². The highest BCUT2D eigenvalue weighted by molar-refractivity contribution is 7.99. The highest BCUT2D eigenvalue weighted by atomic mass is 32.2. The fourth-order valence-corrected chi connectivity index (χ4v) is 4.15. The standard InChI is InChI=1S/C24H19F7N2OS/c1-13-7-9-17(10-8-13)35-19-6-4-5-18(32-19)21(34)33-20-14(2)11-16(12-15(20)3)22(25,23(26,27)28)24(29,30)31/h4-12H,1-3H3,(H,33,34). The summed E-state index contributed by atoms with van der Waals surface area (Å²) in [6.07, 6.45) is -12.5. The van der Waals surface area contributed by atoms with Gasteiger partial charge in [-0.05, 0) is 56.2 Å². The Kier molecular flexibility index (Phi) is 7.21. The van der Waals surface area contributed by atoms with Crippen LogP contribution < -0.4 is 5.32 Å². The van der Waals surface area contributed by atoms with Crippen LogP contribution in [0.2, 0.25) is 0 Å². The lowest BCUT2D eigenvalue weighted by Crippen LogP contribution is -2.50. The van der Waals surface area contributed by atoms with Crippen LogP contribution in [-0.4, -0.2) is 23.2 Å². The Morgan fingerprint density at radius 1 is 0.829 bits per heavy atom. The Balaban J connectivity index is 1.88. The van der Waals surface area contributed by atoms with Crippen LogP contribution in [0.4, 0.5) is 36.4 Å². The van der Waals surface area contributed by atoms with Crippen LogP contribution in [0.5, 0.6) is 0 Å². The van der Waals surface area contributed by atoms with Gasteiger partial charge in [0.1, 0.15) is 10.7 Å². The van der Waals surface area contributed by atoms with E-state index in [1.165, 1.54) is 31.7 Å². The van der Waals surface area contributed by atoms with Gasteiger partial charge in [0.15, 0.2) is 0 Å². The summed E-state index contributed by atoms with van der Waals surface area (Å²) >= 11 is 1.30. The first-order valence-corrected chi connectivity index (χ1v) is 10.9. The fraction of sp³-hybridized carbons (Fsp3) is 0.250. The molecule has 1 aromatic heterocycles. The maximum absolute atomic E-state index is 14.5. The van der Waals surface area contributed by atoms with E-state index in [2.05, 4.69) is 10.3 Å². The smallest absolute Gasteiger partial charge is 0.320 e. The minimum absolute atomic E-state index is 0.0181. The van der Waals surface area contributed by atoms with E-state index in [1.807, 2.05) is 31.2 Å². The lowest BCUT2D eigenvalue weighted by atomic mass is 9.90. The van der Waals surface area contributed by atoms with E-state index in [0.29, 0.717) is 17.2 Å². The van der Waals surface area contributed by atoms with Gasteiger partial charge in [-0.3, -0.25) is 4.79 Å². The van der Waals surface area contributed by atoms with Crippen molar-refractivity contribution in [2.24, 2.45) is 0 Å². The van der Waals surface area contributed by atoms with Gasteiger partial charge in [-0.2, -0.15) is 26.3 Å². The van der Waals surface area contributed by atoms with Gasteiger partial charge in [0, 0.05) is 16.1 Å². The fourth-order valence-electron chi connectivity index (χ4n) is 3.35. The van der Waals surface area contributed by atoms with Crippen LogP contribution in [-0.2, 0) is 5.67 Å². The normalized spacial score (nSPS) is 12.5. The molecular formula is C24H19F7N2OS. The number of nitrogens with one attached hydrogen (secondary N) is 1. The average Bonchev–Trinajstić information content (AvgIpc) is 2.75. The third-order valence-corrected chi connectivity index (χ3v) is 6.09. The van der Waals surface area contributed by atoms with E-state index in [0.717, 1.165) is 10.5 Å². The van der Waals surface area contributed by atoms with Crippen molar-refractivity contribution in [2.45, 2.75) is 48.7 Å². The summed E-state index contributed by atoms with van der Waals surface area (Å²) in [5.41, 5.74) is -6.49. The van der Waals surface area contributed by atoms with Gasteiger partial charge in [0.2, 0.25) is 0 Å². The van der Waals surface area contributed by atoms with Crippen LogP contribution in [0, 0.1) is 20.8 Å². The summed E-state index contributed by atoms with van der Waals surface area (Å²) in [4.78, 5) is 17.9. The first-order valence-electron chi connectivity index (χ1n) is 10.1. The van der Waals surface area contributed by atoms with E-state index in [-0.39, 0.29) is 22.5 Å². The van der Waals surface area contributed by atoms with Crippen molar-refractivity contribution in [3.05, 3.63) is 82.5 Å². The summed E-state index contributed by atoms with van der Waals surface area (Å²) in [6, 6.07) is 13.1. The number of amides is 1. The predicted octanol–water partition coefficient (Wildman–Crippen LogP) is 7.70. The van der Waals surface area contributed by atoms with Crippen molar-refractivity contribution < 1.29 is 35.5 Å². The van der Waals surface area contributed by atoms with Crippen molar-refractivity contribution >= 4 is 23.4 Å². The molecule has 1 amide bonds. The Morgan fingerprint density at radius 2 is 1.37 bits per heavy atom.